The zero-order valence-corrected chi connectivity index (χ0v) is 8.91. The van der Waals surface area contributed by atoms with Gasteiger partial charge in [-0.25, -0.2) is 0 Å². The first-order valence-electron chi connectivity index (χ1n) is 6.01. The van der Waals surface area contributed by atoms with Crippen LogP contribution in [0.25, 0.3) is 0 Å². The second-order valence-corrected chi connectivity index (χ2v) is 4.80. The van der Waals surface area contributed by atoms with E-state index in [1.807, 2.05) is 0 Å². The summed E-state index contributed by atoms with van der Waals surface area (Å²) in [6.45, 7) is 1.82. The van der Waals surface area contributed by atoms with Crippen LogP contribution in [0.4, 0.5) is 0 Å². The van der Waals surface area contributed by atoms with Crippen LogP contribution in [0.1, 0.15) is 44.9 Å². The van der Waals surface area contributed by atoms with E-state index in [-0.39, 0.29) is 0 Å². The van der Waals surface area contributed by atoms with Gasteiger partial charge in [0.05, 0.1) is 12.6 Å². The maximum absolute atomic E-state index is 8.79. The van der Waals surface area contributed by atoms with Crippen LogP contribution in [0.5, 0.6) is 0 Å². The Morgan fingerprint density at radius 2 is 1.86 bits per heavy atom. The van der Waals surface area contributed by atoms with Gasteiger partial charge in [-0.05, 0) is 31.7 Å². The van der Waals surface area contributed by atoms with Crippen molar-refractivity contribution in [2.24, 2.45) is 5.92 Å². The van der Waals surface area contributed by atoms with E-state index in [4.69, 9.17) is 5.26 Å². The van der Waals surface area contributed by atoms with Gasteiger partial charge < -0.3 is 0 Å². The van der Waals surface area contributed by atoms with Crippen molar-refractivity contribution in [3.05, 3.63) is 0 Å². The molecule has 0 unspecified atom stereocenters. The normalized spacial score (nSPS) is 22.9. The molecule has 0 aromatic heterocycles. The monoisotopic (exact) mass is 192 g/mol. The third kappa shape index (κ3) is 2.72. The Kier molecular flexibility index (Phi) is 3.42. The second kappa shape index (κ2) is 4.79. The molecule has 0 aromatic rings. The van der Waals surface area contributed by atoms with Crippen LogP contribution in [-0.2, 0) is 0 Å². The molecule has 2 heteroatoms. The van der Waals surface area contributed by atoms with Crippen LogP contribution in [0.3, 0.4) is 0 Å². The Bertz CT molecular complexity index is 209. The Labute approximate surface area is 86.9 Å². The highest BCUT2D eigenvalue weighted by Crippen LogP contribution is 2.33. The fourth-order valence-electron chi connectivity index (χ4n) is 2.51. The average Bonchev–Trinajstić information content (AvgIpc) is 2.86. The zero-order valence-electron chi connectivity index (χ0n) is 8.91. The first kappa shape index (κ1) is 9.98. The minimum Gasteiger partial charge on any atom is -0.288 e. The van der Waals surface area contributed by atoms with E-state index in [1.165, 1.54) is 51.5 Å². The molecule has 0 N–H and O–H groups in total. The van der Waals surface area contributed by atoms with Gasteiger partial charge in [0.15, 0.2) is 0 Å². The van der Waals surface area contributed by atoms with Crippen molar-refractivity contribution >= 4 is 0 Å². The van der Waals surface area contributed by atoms with Crippen molar-refractivity contribution < 1.29 is 0 Å². The van der Waals surface area contributed by atoms with Gasteiger partial charge in [-0.1, -0.05) is 25.7 Å². The van der Waals surface area contributed by atoms with Crippen LogP contribution >= 0.6 is 0 Å². The molecule has 0 spiro atoms. The molecule has 0 amide bonds. The molecule has 0 heterocycles. The van der Waals surface area contributed by atoms with Gasteiger partial charge in [0, 0.05) is 6.04 Å². The summed E-state index contributed by atoms with van der Waals surface area (Å²) in [5, 5.41) is 8.79. The topological polar surface area (TPSA) is 27.0 Å². The van der Waals surface area contributed by atoms with Gasteiger partial charge in [-0.2, -0.15) is 5.26 Å². The van der Waals surface area contributed by atoms with Gasteiger partial charge in [0.25, 0.3) is 0 Å². The molecule has 2 nitrogen and oxygen atoms in total. The van der Waals surface area contributed by atoms with Gasteiger partial charge in [0.1, 0.15) is 0 Å². The van der Waals surface area contributed by atoms with Gasteiger partial charge in [-0.15, -0.1) is 0 Å². The minimum absolute atomic E-state index is 0.650. The summed E-state index contributed by atoms with van der Waals surface area (Å²) in [6, 6.07) is 3.04. The van der Waals surface area contributed by atoms with Crippen LogP contribution in [0, 0.1) is 17.2 Å². The van der Waals surface area contributed by atoms with Crippen LogP contribution in [0.15, 0.2) is 0 Å². The lowest BCUT2D eigenvalue weighted by Crippen LogP contribution is -2.34. The maximum atomic E-state index is 8.79. The molecule has 2 aliphatic carbocycles. The summed E-state index contributed by atoms with van der Waals surface area (Å²) in [5.74, 6) is 0.998. The fourth-order valence-corrected chi connectivity index (χ4v) is 2.51. The molecule has 0 aromatic carbocycles. The zero-order chi connectivity index (χ0) is 9.80. The van der Waals surface area contributed by atoms with E-state index < -0.39 is 0 Å². The molecular weight excluding hydrogens is 172 g/mol. The molecule has 2 rings (SSSR count). The van der Waals surface area contributed by atoms with Crippen molar-refractivity contribution in [1.29, 1.82) is 5.26 Å². The van der Waals surface area contributed by atoms with Crippen LogP contribution in [-0.4, -0.2) is 24.0 Å². The summed E-state index contributed by atoms with van der Waals surface area (Å²) in [7, 11) is 0. The lowest BCUT2D eigenvalue weighted by atomic mass is 10.2. The summed E-state index contributed by atoms with van der Waals surface area (Å²) in [4.78, 5) is 2.42. The van der Waals surface area contributed by atoms with Crippen LogP contribution in [0.2, 0.25) is 0 Å². The number of rotatable bonds is 5. The number of hydrogen-bond acceptors (Lipinski definition) is 2. The summed E-state index contributed by atoms with van der Waals surface area (Å²) < 4.78 is 0. The number of nitrogens with zero attached hydrogens (tertiary/aromatic N) is 2. The smallest absolute Gasteiger partial charge is 0.0868 e. The predicted molar refractivity (Wildman–Crippen MR) is 56.8 cm³/mol. The van der Waals surface area contributed by atoms with Crippen molar-refractivity contribution in [1.82, 2.24) is 4.90 Å². The fraction of sp³-hybridized carbons (Fsp3) is 0.917. The summed E-state index contributed by atoms with van der Waals surface area (Å²) in [6.07, 6.45) is 9.60. The maximum Gasteiger partial charge on any atom is 0.0868 e. The Balaban J connectivity index is 1.76. The van der Waals surface area contributed by atoms with E-state index in [9.17, 15) is 0 Å². The number of nitriles is 1. The van der Waals surface area contributed by atoms with Gasteiger partial charge in [0.2, 0.25) is 0 Å². The lowest BCUT2D eigenvalue weighted by Gasteiger charge is -2.25. The molecule has 0 aliphatic heterocycles. The third-order valence-electron chi connectivity index (χ3n) is 3.64. The first-order valence-corrected chi connectivity index (χ1v) is 6.01. The van der Waals surface area contributed by atoms with E-state index in [2.05, 4.69) is 11.0 Å². The summed E-state index contributed by atoms with van der Waals surface area (Å²) in [5.41, 5.74) is 0. The van der Waals surface area contributed by atoms with Gasteiger partial charge >= 0.3 is 0 Å². The third-order valence-corrected chi connectivity index (χ3v) is 3.64. The molecule has 0 atom stereocenters. The SMILES string of the molecule is N#CCN(CCC1CC1)C1CCCC1. The Morgan fingerprint density at radius 3 is 2.43 bits per heavy atom. The Morgan fingerprint density at radius 1 is 1.14 bits per heavy atom. The minimum atomic E-state index is 0.650. The first-order chi connectivity index (χ1) is 6.90. The predicted octanol–water partition coefficient (Wildman–Crippen LogP) is 2.55. The second-order valence-electron chi connectivity index (χ2n) is 4.80. The molecule has 0 radical (unpaired) electrons. The lowest BCUT2D eigenvalue weighted by molar-refractivity contribution is 0.216. The highest BCUT2D eigenvalue weighted by Gasteiger charge is 2.26. The van der Waals surface area contributed by atoms with E-state index in [0.29, 0.717) is 6.54 Å². The van der Waals surface area contributed by atoms with Crippen LogP contribution < -0.4 is 0 Å². The van der Waals surface area contributed by atoms with E-state index in [0.717, 1.165) is 12.0 Å². The van der Waals surface area contributed by atoms with E-state index >= 15 is 0 Å². The standard InChI is InChI=1S/C12H20N2/c13-8-10-14(9-7-11-5-6-11)12-3-1-2-4-12/h11-12H,1-7,9-10H2. The highest BCUT2D eigenvalue weighted by atomic mass is 15.2. The molecule has 78 valence electrons. The molecular formula is C12H20N2. The van der Waals surface area contributed by atoms with Crippen molar-refractivity contribution in [3.8, 4) is 6.07 Å². The Hall–Kier alpha value is -0.550. The van der Waals surface area contributed by atoms with Gasteiger partial charge in [-0.3, -0.25) is 4.90 Å². The number of hydrogen-bond donors (Lipinski definition) is 0. The quantitative estimate of drug-likeness (QED) is 0.626. The molecule has 0 saturated heterocycles. The van der Waals surface area contributed by atoms with Crippen molar-refractivity contribution in [3.63, 3.8) is 0 Å². The van der Waals surface area contributed by atoms with Crippen molar-refractivity contribution in [2.75, 3.05) is 13.1 Å². The molecule has 2 saturated carbocycles. The summed E-state index contributed by atoms with van der Waals surface area (Å²) >= 11 is 0. The van der Waals surface area contributed by atoms with Crippen molar-refractivity contribution in [2.45, 2.75) is 51.0 Å². The molecule has 2 aliphatic rings. The highest BCUT2D eigenvalue weighted by molar-refractivity contribution is 4.86. The molecule has 14 heavy (non-hydrogen) atoms. The molecule has 2 fully saturated rings. The molecule has 0 bridgehead atoms. The van der Waals surface area contributed by atoms with E-state index in [1.54, 1.807) is 0 Å². The average molecular weight is 192 g/mol. The largest absolute Gasteiger partial charge is 0.288 e.